The second-order valence-electron chi connectivity index (χ2n) is 3.87. The Balaban J connectivity index is 2.30. The molecule has 0 aromatic heterocycles. The van der Waals surface area contributed by atoms with Gasteiger partial charge in [0.05, 0.1) is 24.3 Å². The molecule has 0 atom stereocenters. The van der Waals surface area contributed by atoms with E-state index in [0.29, 0.717) is 11.3 Å². The number of ether oxygens (including phenoxy) is 2. The molecule has 0 bridgehead atoms. The Morgan fingerprint density at radius 2 is 1.95 bits per heavy atom. The SMILES string of the molecule is COC(=O)c1cc(Oc2cccc(C#N)c2)ccc1F. The fourth-order valence-corrected chi connectivity index (χ4v) is 1.60. The molecule has 0 fully saturated rings. The van der Waals surface area contributed by atoms with Gasteiger partial charge in [-0.15, -0.1) is 0 Å². The molecule has 2 aromatic rings. The van der Waals surface area contributed by atoms with E-state index in [2.05, 4.69) is 4.74 Å². The second kappa shape index (κ2) is 5.85. The van der Waals surface area contributed by atoms with Crippen molar-refractivity contribution in [1.82, 2.24) is 0 Å². The Morgan fingerprint density at radius 1 is 1.20 bits per heavy atom. The minimum atomic E-state index is -0.779. The van der Waals surface area contributed by atoms with Crippen molar-refractivity contribution in [3.63, 3.8) is 0 Å². The third-order valence-corrected chi connectivity index (χ3v) is 2.54. The number of carbonyl (C=O) groups excluding carboxylic acids is 1. The molecule has 0 unspecified atom stereocenters. The summed E-state index contributed by atoms with van der Waals surface area (Å²) in [7, 11) is 1.17. The predicted molar refractivity (Wildman–Crippen MR) is 69.0 cm³/mol. The number of halogens is 1. The van der Waals surface area contributed by atoms with Crippen LogP contribution in [0.1, 0.15) is 15.9 Å². The topological polar surface area (TPSA) is 59.3 Å². The molecule has 0 amide bonds. The van der Waals surface area contributed by atoms with Crippen LogP contribution in [0, 0.1) is 17.1 Å². The first kappa shape index (κ1) is 13.6. The van der Waals surface area contributed by atoms with Crippen LogP contribution in [-0.2, 0) is 4.74 Å². The van der Waals surface area contributed by atoms with Crippen molar-refractivity contribution in [2.45, 2.75) is 0 Å². The molecule has 0 heterocycles. The summed E-state index contributed by atoms with van der Waals surface area (Å²) in [5.41, 5.74) is 0.235. The molecule has 0 aliphatic heterocycles. The van der Waals surface area contributed by atoms with Crippen LogP contribution >= 0.6 is 0 Å². The molecule has 20 heavy (non-hydrogen) atoms. The monoisotopic (exact) mass is 271 g/mol. The highest BCUT2D eigenvalue weighted by Crippen LogP contribution is 2.24. The smallest absolute Gasteiger partial charge is 0.340 e. The maximum atomic E-state index is 13.5. The Morgan fingerprint density at radius 3 is 2.65 bits per heavy atom. The highest BCUT2D eigenvalue weighted by Gasteiger charge is 2.13. The van der Waals surface area contributed by atoms with E-state index in [-0.39, 0.29) is 11.3 Å². The van der Waals surface area contributed by atoms with Gasteiger partial charge in [-0.1, -0.05) is 6.07 Å². The lowest BCUT2D eigenvalue weighted by molar-refractivity contribution is 0.0595. The summed E-state index contributed by atoms with van der Waals surface area (Å²) in [5.74, 6) is -0.762. The molecule has 5 heteroatoms. The van der Waals surface area contributed by atoms with E-state index in [4.69, 9.17) is 10.00 Å². The molecule has 0 aliphatic rings. The normalized spacial score (nSPS) is 9.65. The van der Waals surface area contributed by atoms with Gasteiger partial charge in [-0.05, 0) is 36.4 Å². The van der Waals surface area contributed by atoms with Gasteiger partial charge in [0.25, 0.3) is 0 Å². The first-order valence-electron chi connectivity index (χ1n) is 5.70. The average Bonchev–Trinajstić information content (AvgIpc) is 2.48. The molecular formula is C15H10FNO3. The summed E-state index contributed by atoms with van der Waals surface area (Å²) in [6.07, 6.45) is 0. The fourth-order valence-electron chi connectivity index (χ4n) is 1.60. The van der Waals surface area contributed by atoms with E-state index in [9.17, 15) is 9.18 Å². The number of nitrogens with zero attached hydrogens (tertiary/aromatic N) is 1. The van der Waals surface area contributed by atoms with E-state index in [0.717, 1.165) is 6.07 Å². The number of rotatable bonds is 3. The van der Waals surface area contributed by atoms with E-state index in [1.54, 1.807) is 24.3 Å². The molecule has 0 aliphatic carbocycles. The van der Waals surface area contributed by atoms with Gasteiger partial charge >= 0.3 is 5.97 Å². The maximum Gasteiger partial charge on any atom is 0.340 e. The number of nitriles is 1. The van der Waals surface area contributed by atoms with Gasteiger partial charge in [0.15, 0.2) is 0 Å². The van der Waals surface area contributed by atoms with Crippen molar-refractivity contribution in [2.24, 2.45) is 0 Å². The van der Waals surface area contributed by atoms with Crippen molar-refractivity contribution in [1.29, 1.82) is 5.26 Å². The van der Waals surface area contributed by atoms with Crippen molar-refractivity contribution in [3.05, 3.63) is 59.4 Å². The van der Waals surface area contributed by atoms with Gasteiger partial charge in [0, 0.05) is 0 Å². The number of carbonyl (C=O) groups is 1. The van der Waals surface area contributed by atoms with E-state index in [1.165, 1.54) is 19.2 Å². The number of benzene rings is 2. The molecule has 100 valence electrons. The standard InChI is InChI=1S/C15H10FNO3/c1-19-15(18)13-8-12(5-6-14(13)16)20-11-4-2-3-10(7-11)9-17/h2-8H,1H3. The van der Waals surface area contributed by atoms with Gasteiger partial charge in [-0.2, -0.15) is 5.26 Å². The Kier molecular flexibility index (Phi) is 3.96. The fraction of sp³-hybridized carbons (Fsp3) is 0.0667. The molecule has 4 nitrogen and oxygen atoms in total. The lowest BCUT2D eigenvalue weighted by atomic mass is 10.2. The summed E-state index contributed by atoms with van der Waals surface area (Å²) >= 11 is 0. The number of hydrogen-bond donors (Lipinski definition) is 0. The summed E-state index contributed by atoms with van der Waals surface area (Å²) in [5, 5.41) is 8.80. The van der Waals surface area contributed by atoms with Gasteiger partial charge in [-0.25, -0.2) is 9.18 Å². The Hall–Kier alpha value is -2.87. The van der Waals surface area contributed by atoms with Crippen LogP contribution in [0.3, 0.4) is 0 Å². The Labute approximate surface area is 115 Å². The van der Waals surface area contributed by atoms with Gasteiger partial charge in [0.2, 0.25) is 0 Å². The van der Waals surface area contributed by atoms with Crippen molar-refractivity contribution >= 4 is 5.97 Å². The lowest BCUT2D eigenvalue weighted by Gasteiger charge is -2.08. The molecule has 2 rings (SSSR count). The molecule has 2 aromatic carbocycles. The number of methoxy groups -OCH3 is 1. The average molecular weight is 271 g/mol. The van der Waals surface area contributed by atoms with Gasteiger partial charge < -0.3 is 9.47 Å². The second-order valence-corrected chi connectivity index (χ2v) is 3.87. The highest BCUT2D eigenvalue weighted by atomic mass is 19.1. The molecular weight excluding hydrogens is 261 g/mol. The van der Waals surface area contributed by atoms with E-state index >= 15 is 0 Å². The van der Waals surface area contributed by atoms with Crippen LogP contribution in [0.5, 0.6) is 11.5 Å². The summed E-state index contributed by atoms with van der Waals surface area (Å²) in [4.78, 5) is 11.4. The maximum absolute atomic E-state index is 13.5. The number of hydrogen-bond acceptors (Lipinski definition) is 4. The lowest BCUT2D eigenvalue weighted by Crippen LogP contribution is -2.04. The van der Waals surface area contributed by atoms with Crippen molar-refractivity contribution in [2.75, 3.05) is 7.11 Å². The van der Waals surface area contributed by atoms with Gasteiger partial charge in [0.1, 0.15) is 17.3 Å². The van der Waals surface area contributed by atoms with Crippen LogP contribution in [0.25, 0.3) is 0 Å². The highest BCUT2D eigenvalue weighted by molar-refractivity contribution is 5.90. The largest absolute Gasteiger partial charge is 0.465 e. The zero-order valence-corrected chi connectivity index (χ0v) is 10.6. The van der Waals surface area contributed by atoms with Crippen LogP contribution < -0.4 is 4.74 Å². The summed E-state index contributed by atoms with van der Waals surface area (Å²) in [6, 6.07) is 12.2. The predicted octanol–water partition coefficient (Wildman–Crippen LogP) is 3.28. The van der Waals surface area contributed by atoms with Gasteiger partial charge in [-0.3, -0.25) is 0 Å². The minimum absolute atomic E-state index is 0.207. The quantitative estimate of drug-likeness (QED) is 0.804. The third-order valence-electron chi connectivity index (χ3n) is 2.54. The third kappa shape index (κ3) is 2.93. The van der Waals surface area contributed by atoms with Crippen LogP contribution in [0.15, 0.2) is 42.5 Å². The first-order chi connectivity index (χ1) is 9.63. The molecule has 0 radical (unpaired) electrons. The zero-order chi connectivity index (χ0) is 14.5. The van der Waals surface area contributed by atoms with Crippen LogP contribution in [0.2, 0.25) is 0 Å². The summed E-state index contributed by atoms with van der Waals surface area (Å²) < 4.78 is 23.4. The van der Waals surface area contributed by atoms with Crippen molar-refractivity contribution < 1.29 is 18.7 Å². The Bertz CT molecular complexity index is 692. The number of esters is 1. The van der Waals surface area contributed by atoms with Crippen LogP contribution in [0.4, 0.5) is 4.39 Å². The van der Waals surface area contributed by atoms with Crippen LogP contribution in [-0.4, -0.2) is 13.1 Å². The first-order valence-corrected chi connectivity index (χ1v) is 5.70. The molecule has 0 saturated carbocycles. The van der Waals surface area contributed by atoms with E-state index < -0.39 is 11.8 Å². The molecule has 0 saturated heterocycles. The zero-order valence-electron chi connectivity index (χ0n) is 10.6. The molecule has 0 N–H and O–H groups in total. The minimum Gasteiger partial charge on any atom is -0.465 e. The summed E-state index contributed by atoms with van der Waals surface area (Å²) in [6.45, 7) is 0. The van der Waals surface area contributed by atoms with Crippen molar-refractivity contribution in [3.8, 4) is 17.6 Å². The van der Waals surface area contributed by atoms with E-state index in [1.807, 2.05) is 6.07 Å². The molecule has 0 spiro atoms.